The lowest BCUT2D eigenvalue weighted by Crippen LogP contribution is -2.30. The number of ether oxygens (including phenoxy) is 4. The Morgan fingerprint density at radius 3 is 1.32 bits per heavy atom. The van der Waals surface area contributed by atoms with Crippen molar-refractivity contribution in [3.63, 3.8) is 0 Å². The van der Waals surface area contributed by atoms with Crippen molar-refractivity contribution in [2.75, 3.05) is 53.3 Å². The van der Waals surface area contributed by atoms with Gasteiger partial charge < -0.3 is 38.2 Å². The molecule has 0 aliphatic carbocycles. The molecule has 0 spiro atoms. The van der Waals surface area contributed by atoms with Crippen molar-refractivity contribution in [2.24, 2.45) is 0 Å². The number of unbranched alkanes of at least 4 members (excludes halogenated alkanes) is 31. The molecule has 1 amide bonds. The SMILES string of the molecule is CCCCCCCCCCCCCCCCCCCC(=O)OCC(COP(=O)([O-])OCCNC(=O)OCCOC)OCCCCCCCCCCCCCCCCCC. The number of hydrogen-bond donors (Lipinski definition) is 1. The highest BCUT2D eigenvalue weighted by molar-refractivity contribution is 7.45. The molecule has 0 fully saturated rings. The maximum absolute atomic E-state index is 12.5. The first-order valence-corrected chi connectivity index (χ1v) is 26.1. The second-order valence-electron chi connectivity index (χ2n) is 16.5. The molecule has 2 unspecified atom stereocenters. The molecule has 1 N–H and O–H groups in total. The van der Waals surface area contributed by atoms with Crippen molar-refractivity contribution in [3.8, 4) is 0 Å². The smallest absolute Gasteiger partial charge is 0.407 e. The summed E-state index contributed by atoms with van der Waals surface area (Å²) in [6.07, 6.45) is 41.1. The summed E-state index contributed by atoms with van der Waals surface area (Å²) in [4.78, 5) is 36.6. The molecule has 0 radical (unpaired) electrons. The van der Waals surface area contributed by atoms with Crippen molar-refractivity contribution < 1.29 is 47.0 Å². The van der Waals surface area contributed by atoms with Gasteiger partial charge in [-0.25, -0.2) is 4.79 Å². The van der Waals surface area contributed by atoms with Gasteiger partial charge in [-0.05, 0) is 12.8 Å². The Labute approximate surface area is 362 Å². The Morgan fingerprint density at radius 2 is 0.898 bits per heavy atom. The fourth-order valence-electron chi connectivity index (χ4n) is 7.09. The first-order chi connectivity index (χ1) is 28.8. The molecule has 0 saturated carbocycles. The molecule has 59 heavy (non-hydrogen) atoms. The van der Waals surface area contributed by atoms with E-state index in [1.54, 1.807) is 0 Å². The third kappa shape index (κ3) is 46.1. The third-order valence-electron chi connectivity index (χ3n) is 10.8. The van der Waals surface area contributed by atoms with Crippen LogP contribution in [0.2, 0.25) is 0 Å². The minimum Gasteiger partial charge on any atom is -0.756 e. The summed E-state index contributed by atoms with van der Waals surface area (Å²) in [5, 5.41) is 2.40. The van der Waals surface area contributed by atoms with Gasteiger partial charge in [0.1, 0.15) is 19.3 Å². The molecule has 0 aromatic heterocycles. The van der Waals surface area contributed by atoms with Crippen LogP contribution in [0.15, 0.2) is 0 Å². The van der Waals surface area contributed by atoms with Crippen molar-refractivity contribution >= 4 is 19.9 Å². The Kier molecular flexibility index (Phi) is 45.3. The van der Waals surface area contributed by atoms with Crippen LogP contribution in [0.25, 0.3) is 0 Å². The molecule has 12 heteroatoms. The van der Waals surface area contributed by atoms with Gasteiger partial charge in [-0.15, -0.1) is 0 Å². The normalized spacial score (nSPS) is 13.0. The maximum Gasteiger partial charge on any atom is 0.407 e. The van der Waals surface area contributed by atoms with Crippen LogP contribution in [0.1, 0.15) is 232 Å². The summed E-state index contributed by atoms with van der Waals surface area (Å²) in [6.45, 7) is 4.46. The molecular formula is C47H93NO10P-. The van der Waals surface area contributed by atoms with E-state index >= 15 is 0 Å². The number of hydrogen-bond acceptors (Lipinski definition) is 10. The predicted molar refractivity (Wildman–Crippen MR) is 240 cm³/mol. The van der Waals surface area contributed by atoms with Crippen LogP contribution in [-0.2, 0) is 37.4 Å². The largest absolute Gasteiger partial charge is 0.756 e. The number of amides is 1. The Hall–Kier alpha value is -1.23. The number of esters is 1. The molecule has 11 nitrogen and oxygen atoms in total. The highest BCUT2D eigenvalue weighted by Gasteiger charge is 2.18. The van der Waals surface area contributed by atoms with Crippen molar-refractivity contribution in [3.05, 3.63) is 0 Å². The van der Waals surface area contributed by atoms with E-state index in [0.29, 0.717) is 13.0 Å². The number of phosphoric acid groups is 1. The molecule has 0 bridgehead atoms. The summed E-state index contributed by atoms with van der Waals surface area (Å²) < 4.78 is 43.5. The predicted octanol–water partition coefficient (Wildman–Crippen LogP) is 13.1. The minimum atomic E-state index is -4.69. The Balaban J connectivity index is 4.27. The summed E-state index contributed by atoms with van der Waals surface area (Å²) in [5.74, 6) is -0.313. The molecule has 0 aliphatic heterocycles. The van der Waals surface area contributed by atoms with Gasteiger partial charge >= 0.3 is 12.1 Å². The fourth-order valence-corrected chi connectivity index (χ4v) is 7.83. The topological polar surface area (TPSA) is 142 Å². The van der Waals surface area contributed by atoms with Gasteiger partial charge in [-0.3, -0.25) is 9.36 Å². The van der Waals surface area contributed by atoms with Gasteiger partial charge in [0, 0.05) is 26.7 Å². The first kappa shape index (κ1) is 57.8. The van der Waals surface area contributed by atoms with Gasteiger partial charge in [-0.2, -0.15) is 0 Å². The fraction of sp³-hybridized carbons (Fsp3) is 0.957. The van der Waals surface area contributed by atoms with Crippen molar-refractivity contribution in [1.82, 2.24) is 5.32 Å². The van der Waals surface area contributed by atoms with E-state index < -0.39 is 20.0 Å². The Bertz CT molecular complexity index is 943. The third-order valence-corrected chi connectivity index (χ3v) is 11.8. The molecule has 0 aliphatic rings. The number of phosphoric ester groups is 1. The van der Waals surface area contributed by atoms with Crippen LogP contribution in [-0.4, -0.2) is 71.5 Å². The van der Waals surface area contributed by atoms with Crippen LogP contribution in [0.3, 0.4) is 0 Å². The summed E-state index contributed by atoms with van der Waals surface area (Å²) >= 11 is 0. The zero-order valence-corrected chi connectivity index (χ0v) is 39.5. The summed E-state index contributed by atoms with van der Waals surface area (Å²) in [6, 6.07) is 0. The number of carbonyl (C=O) groups excluding carboxylic acids is 2. The quantitative estimate of drug-likeness (QED) is 0.0357. The first-order valence-electron chi connectivity index (χ1n) is 24.6. The Morgan fingerprint density at radius 1 is 0.492 bits per heavy atom. The van der Waals surface area contributed by atoms with E-state index in [1.807, 2.05) is 0 Å². The second kappa shape index (κ2) is 46.3. The zero-order valence-electron chi connectivity index (χ0n) is 38.6. The van der Waals surface area contributed by atoms with E-state index in [0.717, 1.165) is 38.5 Å². The summed E-state index contributed by atoms with van der Waals surface area (Å²) in [7, 11) is -3.20. The van der Waals surface area contributed by atoms with Crippen LogP contribution >= 0.6 is 7.82 Å². The monoisotopic (exact) mass is 863 g/mol. The molecule has 0 aromatic rings. The van der Waals surface area contributed by atoms with Gasteiger partial charge in [0.05, 0.1) is 19.8 Å². The van der Waals surface area contributed by atoms with Crippen molar-refractivity contribution in [2.45, 2.75) is 238 Å². The molecule has 352 valence electrons. The lowest BCUT2D eigenvalue weighted by molar-refractivity contribution is -0.228. The zero-order chi connectivity index (χ0) is 43.2. The second-order valence-corrected chi connectivity index (χ2v) is 17.9. The molecule has 0 rings (SSSR count). The van der Waals surface area contributed by atoms with E-state index in [9.17, 15) is 19.0 Å². The standard InChI is InChI=1S/C47H94NO10P/c1-4-6-8-10-12-14-16-18-20-22-23-25-27-29-31-33-35-37-46(49)56-43-45(44-58-59(51,52)57-40-38-48-47(50)55-42-41-53-3)54-39-36-34-32-30-28-26-24-21-19-17-15-13-11-9-7-5-2/h45H,4-44H2,1-3H3,(H,48,50)(H,51,52)/p-1. The minimum absolute atomic E-state index is 0.0806. The average Bonchev–Trinajstić information content (AvgIpc) is 3.22. The molecule has 2 atom stereocenters. The highest BCUT2D eigenvalue weighted by Crippen LogP contribution is 2.38. The molecule has 0 saturated heterocycles. The lowest BCUT2D eigenvalue weighted by atomic mass is 10.0. The number of carbonyl (C=O) groups is 2. The maximum atomic E-state index is 12.5. The van der Waals surface area contributed by atoms with Gasteiger partial charge in [-0.1, -0.05) is 213 Å². The van der Waals surface area contributed by atoms with Gasteiger partial charge in [0.15, 0.2) is 0 Å². The van der Waals surface area contributed by atoms with Gasteiger partial charge in [0.2, 0.25) is 0 Å². The average molecular weight is 863 g/mol. The number of nitrogens with one attached hydrogen (secondary N) is 1. The van der Waals surface area contributed by atoms with E-state index in [1.165, 1.54) is 180 Å². The van der Waals surface area contributed by atoms with Crippen LogP contribution in [0.5, 0.6) is 0 Å². The van der Waals surface area contributed by atoms with Crippen LogP contribution in [0.4, 0.5) is 4.79 Å². The number of methoxy groups -OCH3 is 1. The number of alkyl carbamates (subject to hydrolysis) is 1. The van der Waals surface area contributed by atoms with E-state index in [-0.39, 0.29) is 45.5 Å². The van der Waals surface area contributed by atoms with E-state index in [2.05, 4.69) is 19.2 Å². The highest BCUT2D eigenvalue weighted by atomic mass is 31.2. The van der Waals surface area contributed by atoms with Crippen LogP contribution in [0, 0.1) is 0 Å². The molecule has 0 heterocycles. The summed E-state index contributed by atoms with van der Waals surface area (Å²) in [5.41, 5.74) is 0. The van der Waals surface area contributed by atoms with Gasteiger partial charge in [0.25, 0.3) is 7.82 Å². The number of rotatable bonds is 48. The molecular weight excluding hydrogens is 769 g/mol. The van der Waals surface area contributed by atoms with E-state index in [4.69, 9.17) is 28.0 Å². The van der Waals surface area contributed by atoms with Crippen molar-refractivity contribution in [1.29, 1.82) is 0 Å². The van der Waals surface area contributed by atoms with Crippen LogP contribution < -0.4 is 10.2 Å². The molecule has 0 aromatic carbocycles. The lowest BCUT2D eigenvalue weighted by Gasteiger charge is -2.25.